The van der Waals surface area contributed by atoms with Crippen LogP contribution in [0, 0.1) is 5.92 Å². The summed E-state index contributed by atoms with van der Waals surface area (Å²) in [4.78, 5) is 28.0. The number of hydrogen-bond donors (Lipinski definition) is 2. The van der Waals surface area contributed by atoms with Gasteiger partial charge in [-0.25, -0.2) is 4.79 Å². The van der Waals surface area contributed by atoms with Crippen LogP contribution in [0.5, 0.6) is 0 Å². The molecule has 0 aromatic heterocycles. The van der Waals surface area contributed by atoms with Gasteiger partial charge in [-0.1, -0.05) is 0 Å². The summed E-state index contributed by atoms with van der Waals surface area (Å²) in [7, 11) is 0. The molecule has 3 fully saturated rings. The molecule has 2 N–H and O–H groups in total. The average molecular weight is 280 g/mol. The van der Waals surface area contributed by atoms with Crippen LogP contribution in [0.25, 0.3) is 0 Å². The first kappa shape index (κ1) is 13.7. The molecule has 3 rings (SSSR count). The normalized spacial score (nSPS) is 28.6. The fourth-order valence-electron chi connectivity index (χ4n) is 3.55. The van der Waals surface area contributed by atoms with E-state index in [1.807, 2.05) is 9.80 Å². The molecule has 112 valence electrons. The molecule has 0 bridgehead atoms. The summed E-state index contributed by atoms with van der Waals surface area (Å²) >= 11 is 0. The van der Waals surface area contributed by atoms with Gasteiger partial charge in [0.25, 0.3) is 0 Å². The maximum absolute atomic E-state index is 12.4. The number of urea groups is 1. The molecule has 0 aliphatic carbocycles. The van der Waals surface area contributed by atoms with E-state index in [0.29, 0.717) is 11.9 Å². The van der Waals surface area contributed by atoms with Crippen molar-refractivity contribution in [3.8, 4) is 0 Å². The fourth-order valence-corrected chi connectivity index (χ4v) is 3.55. The van der Waals surface area contributed by atoms with Gasteiger partial charge in [-0.15, -0.1) is 0 Å². The third-order valence-corrected chi connectivity index (χ3v) is 4.75. The fraction of sp³-hybridized carbons (Fsp3) is 0.857. The number of nitrogens with one attached hydrogen (secondary N) is 2. The number of carbonyl (C=O) groups excluding carboxylic acids is 2. The van der Waals surface area contributed by atoms with Gasteiger partial charge in [0.05, 0.1) is 5.92 Å². The molecule has 0 aromatic carbocycles. The van der Waals surface area contributed by atoms with Crippen LogP contribution in [0.4, 0.5) is 4.79 Å². The monoisotopic (exact) mass is 280 g/mol. The van der Waals surface area contributed by atoms with Crippen molar-refractivity contribution in [3.05, 3.63) is 0 Å². The van der Waals surface area contributed by atoms with Crippen molar-refractivity contribution in [1.82, 2.24) is 20.4 Å². The summed E-state index contributed by atoms with van der Waals surface area (Å²) in [6.45, 7) is 5.02. The SMILES string of the molecule is O=C(C1CCCNC1)N1CCC(N2CCNC2=O)CC1. The van der Waals surface area contributed by atoms with Crippen LogP contribution >= 0.6 is 0 Å². The van der Waals surface area contributed by atoms with Gasteiger partial charge in [-0.2, -0.15) is 0 Å². The van der Waals surface area contributed by atoms with Gasteiger partial charge in [-0.3, -0.25) is 4.79 Å². The first-order valence-electron chi connectivity index (χ1n) is 7.79. The molecule has 3 heterocycles. The highest BCUT2D eigenvalue weighted by molar-refractivity contribution is 5.79. The predicted octanol–water partition coefficient (Wildman–Crippen LogP) is 0.00220. The Hall–Kier alpha value is -1.30. The lowest BCUT2D eigenvalue weighted by molar-refractivity contribution is -0.137. The van der Waals surface area contributed by atoms with Gasteiger partial charge in [-0.05, 0) is 32.2 Å². The topological polar surface area (TPSA) is 64.7 Å². The molecular weight excluding hydrogens is 256 g/mol. The first-order valence-corrected chi connectivity index (χ1v) is 7.79. The van der Waals surface area contributed by atoms with Crippen molar-refractivity contribution < 1.29 is 9.59 Å². The zero-order chi connectivity index (χ0) is 13.9. The second-order valence-electron chi connectivity index (χ2n) is 6.03. The summed E-state index contributed by atoms with van der Waals surface area (Å²) in [6.07, 6.45) is 3.94. The maximum atomic E-state index is 12.4. The van der Waals surface area contributed by atoms with E-state index in [-0.39, 0.29) is 11.9 Å². The van der Waals surface area contributed by atoms with Crippen LogP contribution < -0.4 is 10.6 Å². The number of carbonyl (C=O) groups is 2. The zero-order valence-corrected chi connectivity index (χ0v) is 11.9. The maximum Gasteiger partial charge on any atom is 0.317 e. The minimum atomic E-state index is 0.0613. The lowest BCUT2D eigenvalue weighted by Gasteiger charge is -2.38. The average Bonchev–Trinajstić information content (AvgIpc) is 2.94. The Bertz CT molecular complexity index is 373. The molecule has 6 heteroatoms. The standard InChI is InChI=1S/C14H24N4O2/c19-13(11-2-1-5-15-10-11)17-7-3-12(4-8-17)18-9-6-16-14(18)20/h11-12,15H,1-10H2,(H,16,20). The number of amides is 3. The highest BCUT2D eigenvalue weighted by Crippen LogP contribution is 2.21. The van der Waals surface area contributed by atoms with Gasteiger partial charge >= 0.3 is 6.03 Å². The largest absolute Gasteiger partial charge is 0.342 e. The van der Waals surface area contributed by atoms with Crippen LogP contribution in [0.2, 0.25) is 0 Å². The highest BCUT2D eigenvalue weighted by atomic mass is 16.2. The van der Waals surface area contributed by atoms with E-state index < -0.39 is 0 Å². The lowest BCUT2D eigenvalue weighted by Crippen LogP contribution is -2.50. The first-order chi connectivity index (χ1) is 9.75. The van der Waals surface area contributed by atoms with Gasteiger partial charge in [0.1, 0.15) is 0 Å². The van der Waals surface area contributed by atoms with Crippen molar-refractivity contribution in [2.24, 2.45) is 5.92 Å². The van der Waals surface area contributed by atoms with E-state index >= 15 is 0 Å². The summed E-state index contributed by atoms with van der Waals surface area (Å²) in [5.41, 5.74) is 0. The van der Waals surface area contributed by atoms with Crippen molar-refractivity contribution in [1.29, 1.82) is 0 Å². The third kappa shape index (κ3) is 2.75. The Balaban J connectivity index is 1.50. The zero-order valence-electron chi connectivity index (χ0n) is 11.9. The Morgan fingerprint density at radius 1 is 1.10 bits per heavy atom. The van der Waals surface area contributed by atoms with Gasteiger partial charge in [0.15, 0.2) is 0 Å². The number of rotatable bonds is 2. The predicted molar refractivity (Wildman–Crippen MR) is 75.3 cm³/mol. The number of piperidine rings is 2. The van der Waals surface area contributed by atoms with E-state index in [9.17, 15) is 9.59 Å². The molecule has 3 aliphatic heterocycles. The minimum Gasteiger partial charge on any atom is -0.342 e. The van der Waals surface area contributed by atoms with E-state index in [4.69, 9.17) is 0 Å². The van der Waals surface area contributed by atoms with Crippen molar-refractivity contribution >= 4 is 11.9 Å². The molecule has 0 aromatic rings. The smallest absolute Gasteiger partial charge is 0.317 e. The molecule has 0 radical (unpaired) electrons. The molecule has 3 saturated heterocycles. The van der Waals surface area contributed by atoms with Crippen LogP contribution in [0.3, 0.4) is 0 Å². The van der Waals surface area contributed by atoms with E-state index in [1.54, 1.807) is 0 Å². The number of hydrogen-bond acceptors (Lipinski definition) is 3. The lowest BCUT2D eigenvalue weighted by atomic mass is 9.96. The minimum absolute atomic E-state index is 0.0613. The molecule has 1 unspecified atom stereocenters. The van der Waals surface area contributed by atoms with Crippen molar-refractivity contribution in [2.75, 3.05) is 39.3 Å². The highest BCUT2D eigenvalue weighted by Gasteiger charge is 2.33. The summed E-state index contributed by atoms with van der Waals surface area (Å²) < 4.78 is 0. The summed E-state index contributed by atoms with van der Waals surface area (Å²) in [5, 5.41) is 6.16. The quantitative estimate of drug-likeness (QED) is 0.748. The van der Waals surface area contributed by atoms with E-state index in [1.165, 1.54) is 0 Å². The molecule has 6 nitrogen and oxygen atoms in total. The van der Waals surface area contributed by atoms with Gasteiger partial charge in [0.2, 0.25) is 5.91 Å². The van der Waals surface area contributed by atoms with E-state index in [2.05, 4.69) is 10.6 Å². The van der Waals surface area contributed by atoms with Crippen molar-refractivity contribution in [3.63, 3.8) is 0 Å². The van der Waals surface area contributed by atoms with Crippen LogP contribution in [-0.2, 0) is 4.79 Å². The Kier molecular flexibility index (Phi) is 4.10. The summed E-state index contributed by atoms with van der Waals surface area (Å²) in [6, 6.07) is 0.372. The summed E-state index contributed by atoms with van der Waals surface area (Å²) in [5.74, 6) is 0.469. The van der Waals surface area contributed by atoms with E-state index in [0.717, 1.165) is 65.0 Å². The number of nitrogens with zero attached hydrogens (tertiary/aromatic N) is 2. The second kappa shape index (κ2) is 5.99. The Morgan fingerprint density at radius 3 is 2.50 bits per heavy atom. The molecular formula is C14H24N4O2. The Labute approximate surface area is 119 Å². The van der Waals surface area contributed by atoms with Crippen molar-refractivity contribution in [2.45, 2.75) is 31.7 Å². The van der Waals surface area contributed by atoms with Crippen LogP contribution in [0.15, 0.2) is 0 Å². The molecule has 0 saturated carbocycles. The molecule has 0 spiro atoms. The van der Waals surface area contributed by atoms with Gasteiger partial charge < -0.3 is 20.4 Å². The molecule has 20 heavy (non-hydrogen) atoms. The second-order valence-corrected chi connectivity index (χ2v) is 6.03. The van der Waals surface area contributed by atoms with Crippen LogP contribution in [-0.4, -0.2) is 67.0 Å². The molecule has 1 atom stereocenters. The van der Waals surface area contributed by atoms with Gasteiger partial charge in [0, 0.05) is 38.8 Å². The third-order valence-electron chi connectivity index (χ3n) is 4.75. The van der Waals surface area contributed by atoms with Crippen LogP contribution in [0.1, 0.15) is 25.7 Å². The Morgan fingerprint density at radius 2 is 1.90 bits per heavy atom. The number of likely N-dealkylation sites (tertiary alicyclic amines) is 1. The molecule has 3 aliphatic rings. The molecule has 3 amide bonds.